The fourth-order valence-electron chi connectivity index (χ4n) is 4.43. The lowest BCUT2D eigenvalue weighted by Gasteiger charge is -2.29. The molecule has 0 spiro atoms. The molecule has 2 atom stereocenters. The first-order valence-corrected chi connectivity index (χ1v) is 14.4. The zero-order valence-electron chi connectivity index (χ0n) is 25.0. The van der Waals surface area contributed by atoms with Crippen molar-refractivity contribution in [3.63, 3.8) is 0 Å². The predicted octanol–water partition coefficient (Wildman–Crippen LogP) is 5.77. The molecule has 1 amide bonds. The molecule has 1 aromatic carbocycles. The Labute approximate surface area is 241 Å². The van der Waals surface area contributed by atoms with Gasteiger partial charge in [-0.05, 0) is 70.4 Å². The van der Waals surface area contributed by atoms with Crippen molar-refractivity contribution in [2.24, 2.45) is 5.73 Å². The number of carbonyl (C=O) groups is 1. The van der Waals surface area contributed by atoms with Gasteiger partial charge in [0, 0.05) is 23.8 Å². The summed E-state index contributed by atoms with van der Waals surface area (Å²) in [6.45, 7) is 10.1. The molecule has 4 rings (SSSR count). The molecule has 0 bridgehead atoms. The van der Waals surface area contributed by atoms with Crippen molar-refractivity contribution in [1.82, 2.24) is 20.2 Å². The molecule has 41 heavy (non-hydrogen) atoms. The monoisotopic (exact) mass is 582 g/mol. The Morgan fingerprint density at radius 1 is 1.15 bits per heavy atom. The van der Waals surface area contributed by atoms with Crippen LogP contribution in [-0.2, 0) is 6.18 Å². The smallest absolute Gasteiger partial charge is 0.423 e. The minimum Gasteiger partial charge on any atom is -0.495 e. The highest BCUT2D eigenvalue weighted by Crippen LogP contribution is 2.37. The van der Waals surface area contributed by atoms with Gasteiger partial charge in [-0.3, -0.25) is 4.79 Å². The highest BCUT2D eigenvalue weighted by molar-refractivity contribution is 5.95. The molecule has 1 aliphatic heterocycles. The van der Waals surface area contributed by atoms with E-state index >= 15 is 0 Å². The molecule has 230 valence electrons. The maximum absolute atomic E-state index is 13.5. The van der Waals surface area contributed by atoms with Crippen molar-refractivity contribution in [1.29, 1.82) is 0 Å². The molecule has 1 aliphatic carbocycles. The van der Waals surface area contributed by atoms with E-state index in [4.69, 9.17) is 15.2 Å². The van der Waals surface area contributed by atoms with E-state index in [1.165, 1.54) is 13.5 Å². The first-order valence-electron chi connectivity index (χ1n) is 14.4. The van der Waals surface area contributed by atoms with Crippen molar-refractivity contribution < 1.29 is 27.4 Å². The largest absolute Gasteiger partial charge is 0.495 e. The summed E-state index contributed by atoms with van der Waals surface area (Å²) in [5.74, 6) is -0.583. The van der Waals surface area contributed by atoms with Crippen molar-refractivity contribution in [3.8, 4) is 11.6 Å². The second kappa shape index (κ2) is 16.4. The van der Waals surface area contributed by atoms with E-state index in [9.17, 15) is 18.0 Å². The summed E-state index contributed by atoms with van der Waals surface area (Å²) < 4.78 is 51.6. The first kappa shape index (κ1) is 34.1. The molecule has 1 saturated carbocycles. The van der Waals surface area contributed by atoms with Gasteiger partial charge < -0.3 is 30.7 Å². The molecular formula is C29H45F3N6O3. The lowest BCUT2D eigenvalue weighted by molar-refractivity contribution is -0.140. The number of carbonyl (C=O) groups excluding carboxylic acids is 1. The third kappa shape index (κ3) is 10.0. The van der Waals surface area contributed by atoms with Crippen LogP contribution in [0.4, 0.5) is 24.8 Å². The molecule has 2 aromatic rings. The van der Waals surface area contributed by atoms with Gasteiger partial charge in [-0.1, -0.05) is 34.1 Å². The number of nitrogens with two attached hydrogens (primary N) is 1. The van der Waals surface area contributed by atoms with Crippen LogP contribution in [0.15, 0.2) is 24.4 Å². The number of alkyl halides is 3. The molecule has 2 fully saturated rings. The van der Waals surface area contributed by atoms with Gasteiger partial charge in [-0.2, -0.15) is 18.2 Å². The summed E-state index contributed by atoms with van der Waals surface area (Å²) in [6, 6.07) is 4.51. The van der Waals surface area contributed by atoms with Crippen LogP contribution >= 0.6 is 0 Å². The lowest BCUT2D eigenvalue weighted by atomic mass is 10.0. The van der Waals surface area contributed by atoms with Crippen molar-refractivity contribution >= 4 is 17.5 Å². The number of nitrogens with one attached hydrogen (secondary N) is 2. The maximum atomic E-state index is 13.5. The normalized spacial score (nSPS) is 19.3. The van der Waals surface area contributed by atoms with Crippen LogP contribution in [0.3, 0.4) is 0 Å². The number of piperidine rings is 1. The average Bonchev–Trinajstić information content (AvgIpc) is 3.35. The molecule has 4 N–H and O–H groups in total. The number of rotatable bonds is 7. The van der Waals surface area contributed by atoms with Crippen LogP contribution in [-0.4, -0.2) is 66.2 Å². The van der Waals surface area contributed by atoms with Crippen molar-refractivity contribution in [2.75, 3.05) is 32.6 Å². The number of benzene rings is 1. The topological polar surface area (TPSA) is 115 Å². The summed E-state index contributed by atoms with van der Waals surface area (Å²) in [4.78, 5) is 22.8. The Kier molecular flexibility index (Phi) is 13.6. The van der Waals surface area contributed by atoms with Crippen molar-refractivity contribution in [3.05, 3.63) is 35.5 Å². The molecule has 0 radical (unpaired) electrons. The Morgan fingerprint density at radius 3 is 2.37 bits per heavy atom. The summed E-state index contributed by atoms with van der Waals surface area (Å²) in [5.41, 5.74) is 5.70. The zero-order chi connectivity index (χ0) is 30.6. The molecule has 2 heterocycles. The number of hydrogen-bond acceptors (Lipinski definition) is 8. The summed E-state index contributed by atoms with van der Waals surface area (Å²) >= 11 is 0. The molecule has 0 unspecified atom stereocenters. The van der Waals surface area contributed by atoms with Crippen LogP contribution in [0, 0.1) is 0 Å². The van der Waals surface area contributed by atoms with E-state index in [0.717, 1.165) is 32.4 Å². The Hall–Kier alpha value is -3.12. The molecule has 12 heteroatoms. The summed E-state index contributed by atoms with van der Waals surface area (Å²) in [7, 11) is 3.48. The molecule has 1 aromatic heterocycles. The van der Waals surface area contributed by atoms with Crippen LogP contribution in [0.2, 0.25) is 0 Å². The minimum atomic E-state index is -4.68. The Balaban J connectivity index is 0.00000110. The van der Waals surface area contributed by atoms with Gasteiger partial charge in [-0.15, -0.1) is 0 Å². The Bertz CT molecular complexity index is 1090. The van der Waals surface area contributed by atoms with Gasteiger partial charge in [0.1, 0.15) is 17.4 Å². The second-order valence-electron chi connectivity index (χ2n) is 9.96. The van der Waals surface area contributed by atoms with Crippen LogP contribution in [0.5, 0.6) is 11.6 Å². The van der Waals surface area contributed by atoms with Crippen molar-refractivity contribution in [2.45, 2.75) is 90.6 Å². The van der Waals surface area contributed by atoms with Gasteiger partial charge in [0.2, 0.25) is 11.8 Å². The Morgan fingerprint density at radius 2 is 1.80 bits per heavy atom. The van der Waals surface area contributed by atoms with E-state index in [2.05, 4.69) is 39.3 Å². The first-order chi connectivity index (χ1) is 19.5. The zero-order valence-corrected chi connectivity index (χ0v) is 25.0. The molecule has 9 nitrogen and oxygen atoms in total. The standard InChI is InChI=1S/C24H31F3N6O3.C3H8.C2H6/c1-33-10-8-15(9-11-33)30-21(34)14-6-7-18(20(12-14)35-2)31-23-29-13-16(24(25,26)27)22(32-23)36-19-5-3-4-17(19)28;1-3-2;1-2/h6-7,12-13,15,17,19H,3-5,8-11,28H2,1-2H3,(H,30,34)(H,29,31,32);3H2,1-2H3;1-2H3/t17-,19-;;/m1../s1. The molecule has 1 saturated heterocycles. The van der Waals surface area contributed by atoms with E-state index in [1.54, 1.807) is 18.2 Å². The number of anilines is 2. The third-order valence-electron chi connectivity index (χ3n) is 6.59. The second-order valence-corrected chi connectivity index (χ2v) is 9.96. The highest BCUT2D eigenvalue weighted by Gasteiger charge is 2.38. The molecule has 2 aliphatic rings. The van der Waals surface area contributed by atoms with E-state index < -0.39 is 23.7 Å². The number of halogens is 3. The fraction of sp³-hybridized carbons (Fsp3) is 0.621. The van der Waals surface area contributed by atoms with Crippen LogP contribution < -0.4 is 25.8 Å². The van der Waals surface area contributed by atoms with Gasteiger partial charge >= 0.3 is 6.18 Å². The third-order valence-corrected chi connectivity index (χ3v) is 6.59. The average molecular weight is 583 g/mol. The molecular weight excluding hydrogens is 537 g/mol. The van der Waals surface area contributed by atoms with Crippen LogP contribution in [0.1, 0.15) is 82.1 Å². The maximum Gasteiger partial charge on any atom is 0.423 e. The number of amides is 1. The predicted molar refractivity (Wildman–Crippen MR) is 155 cm³/mol. The van der Waals surface area contributed by atoms with Gasteiger partial charge in [-0.25, -0.2) is 4.98 Å². The van der Waals surface area contributed by atoms with Crippen LogP contribution in [0.25, 0.3) is 0 Å². The summed E-state index contributed by atoms with van der Waals surface area (Å²) in [5, 5.41) is 5.91. The summed E-state index contributed by atoms with van der Waals surface area (Å²) in [6.07, 6.45) is 0.458. The van der Waals surface area contributed by atoms with E-state index in [1.807, 2.05) is 20.9 Å². The van der Waals surface area contributed by atoms with E-state index in [-0.39, 0.29) is 23.9 Å². The number of likely N-dealkylation sites (tertiary alicyclic amines) is 1. The SMILES string of the molecule is CC.CCC.COc1cc(C(=O)NC2CCN(C)CC2)ccc1Nc1ncc(C(F)(F)F)c(O[C@@H]2CCC[C@H]2N)n1. The van der Waals surface area contributed by atoms with Gasteiger partial charge in [0.15, 0.2) is 0 Å². The number of methoxy groups -OCH3 is 1. The number of aromatic nitrogens is 2. The highest BCUT2D eigenvalue weighted by atomic mass is 19.4. The minimum absolute atomic E-state index is 0.101. The fourth-order valence-corrected chi connectivity index (χ4v) is 4.43. The lowest BCUT2D eigenvalue weighted by Crippen LogP contribution is -2.43. The quantitative estimate of drug-likeness (QED) is 0.377. The van der Waals surface area contributed by atoms with Gasteiger partial charge in [0.25, 0.3) is 5.91 Å². The number of hydrogen-bond donors (Lipinski definition) is 3. The number of nitrogens with zero attached hydrogens (tertiary/aromatic N) is 3. The van der Waals surface area contributed by atoms with Gasteiger partial charge in [0.05, 0.1) is 12.8 Å². The van der Waals surface area contributed by atoms with E-state index in [0.29, 0.717) is 36.0 Å². The number of ether oxygens (including phenoxy) is 2.